The van der Waals surface area contributed by atoms with Gasteiger partial charge >= 0.3 is 5.97 Å². The Labute approximate surface area is 133 Å². The topological polar surface area (TPSA) is 26.3 Å². The summed E-state index contributed by atoms with van der Waals surface area (Å²) in [6.45, 7) is 4.48. The fraction of sp³-hybridized carbons (Fsp3) is 0.500. The monoisotopic (exact) mass is 306 g/mol. The average Bonchev–Trinajstić information content (AvgIpc) is 2.51. The lowest BCUT2D eigenvalue weighted by molar-refractivity contribution is -0.137. The number of carbonyl (C=O) groups is 1. The van der Waals surface area contributed by atoms with Crippen LogP contribution in [0.4, 0.5) is 0 Å². The minimum absolute atomic E-state index is 0.186. The van der Waals surface area contributed by atoms with Crippen molar-refractivity contribution in [2.75, 3.05) is 6.61 Å². The van der Waals surface area contributed by atoms with Gasteiger partial charge < -0.3 is 4.74 Å². The molecular weight excluding hydrogens is 280 g/mol. The van der Waals surface area contributed by atoms with Crippen molar-refractivity contribution in [3.8, 4) is 0 Å². The van der Waals surface area contributed by atoms with Crippen LogP contribution in [-0.4, -0.2) is 12.6 Å². The standard InChI is InChI=1S/C18H26O2S/c1-3-5-6-7-11-14-17(18(19)20-4-2)21-15-16-12-9-8-10-13-16/h8-10,12-14H,3-7,11,15H2,1-2H3/b17-14-. The number of esters is 1. The summed E-state index contributed by atoms with van der Waals surface area (Å²) in [6.07, 6.45) is 7.86. The molecule has 0 bridgehead atoms. The number of ether oxygens (including phenoxy) is 1. The lowest BCUT2D eigenvalue weighted by Crippen LogP contribution is -2.05. The van der Waals surface area contributed by atoms with Gasteiger partial charge in [-0.15, -0.1) is 11.8 Å². The van der Waals surface area contributed by atoms with Crippen molar-refractivity contribution in [3.05, 3.63) is 46.9 Å². The van der Waals surface area contributed by atoms with Crippen molar-refractivity contribution in [3.63, 3.8) is 0 Å². The molecule has 0 spiro atoms. The van der Waals surface area contributed by atoms with Gasteiger partial charge in [-0.2, -0.15) is 0 Å². The Kier molecular flexibility index (Phi) is 9.71. The molecule has 1 rings (SSSR count). The Balaban J connectivity index is 2.51. The zero-order valence-electron chi connectivity index (χ0n) is 13.1. The first-order valence-corrected chi connectivity index (χ1v) is 8.80. The summed E-state index contributed by atoms with van der Waals surface area (Å²) in [5.41, 5.74) is 1.23. The molecule has 0 aliphatic heterocycles. The van der Waals surface area contributed by atoms with E-state index in [1.54, 1.807) is 11.8 Å². The summed E-state index contributed by atoms with van der Waals surface area (Å²) >= 11 is 1.57. The number of benzene rings is 1. The number of allylic oxidation sites excluding steroid dienone is 1. The van der Waals surface area contributed by atoms with E-state index in [4.69, 9.17) is 4.74 Å². The van der Waals surface area contributed by atoms with E-state index in [1.165, 1.54) is 24.8 Å². The highest BCUT2D eigenvalue weighted by Gasteiger charge is 2.11. The Morgan fingerprint density at radius 2 is 1.90 bits per heavy atom. The van der Waals surface area contributed by atoms with Crippen molar-refractivity contribution < 1.29 is 9.53 Å². The molecule has 0 saturated heterocycles. The highest BCUT2D eigenvalue weighted by atomic mass is 32.2. The lowest BCUT2D eigenvalue weighted by atomic mass is 10.1. The fourth-order valence-corrected chi connectivity index (χ4v) is 2.87. The van der Waals surface area contributed by atoms with Gasteiger partial charge in [0.1, 0.15) is 0 Å². The van der Waals surface area contributed by atoms with Crippen LogP contribution < -0.4 is 0 Å². The number of hydrogen-bond acceptors (Lipinski definition) is 3. The first-order valence-electron chi connectivity index (χ1n) is 7.82. The van der Waals surface area contributed by atoms with Crippen molar-refractivity contribution in [2.45, 2.75) is 51.7 Å². The zero-order valence-corrected chi connectivity index (χ0v) is 14.0. The summed E-state index contributed by atoms with van der Waals surface area (Å²) in [5, 5.41) is 0. The molecule has 3 heteroatoms. The Morgan fingerprint density at radius 3 is 2.57 bits per heavy atom. The van der Waals surface area contributed by atoms with Gasteiger partial charge in [-0.25, -0.2) is 4.79 Å². The maximum absolute atomic E-state index is 12.0. The zero-order chi connectivity index (χ0) is 15.3. The third kappa shape index (κ3) is 7.96. The third-order valence-corrected chi connectivity index (χ3v) is 4.22. The quantitative estimate of drug-likeness (QED) is 0.332. The van der Waals surface area contributed by atoms with E-state index in [-0.39, 0.29) is 5.97 Å². The number of carbonyl (C=O) groups excluding carboxylic acids is 1. The van der Waals surface area contributed by atoms with E-state index in [0.717, 1.165) is 23.5 Å². The number of thioether (sulfide) groups is 1. The first-order chi connectivity index (χ1) is 10.3. The highest BCUT2D eigenvalue weighted by Crippen LogP contribution is 2.23. The van der Waals surface area contributed by atoms with E-state index >= 15 is 0 Å². The molecule has 0 atom stereocenters. The average molecular weight is 306 g/mol. The van der Waals surface area contributed by atoms with Crippen LogP contribution in [0.3, 0.4) is 0 Å². The van der Waals surface area contributed by atoms with Gasteiger partial charge in [-0.1, -0.05) is 62.6 Å². The Morgan fingerprint density at radius 1 is 1.14 bits per heavy atom. The van der Waals surface area contributed by atoms with Gasteiger partial charge in [0.25, 0.3) is 0 Å². The summed E-state index contributed by atoms with van der Waals surface area (Å²) in [4.78, 5) is 12.7. The van der Waals surface area contributed by atoms with Gasteiger partial charge in [-0.3, -0.25) is 0 Å². The molecule has 0 radical (unpaired) electrons. The van der Waals surface area contributed by atoms with Crippen LogP contribution in [0, 0.1) is 0 Å². The highest BCUT2D eigenvalue weighted by molar-refractivity contribution is 8.03. The maximum Gasteiger partial charge on any atom is 0.344 e. The van der Waals surface area contributed by atoms with Crippen LogP contribution in [-0.2, 0) is 15.3 Å². The molecule has 21 heavy (non-hydrogen) atoms. The molecule has 1 aromatic carbocycles. The SMILES string of the molecule is CCCCCC/C=C(\SCc1ccccc1)C(=O)OCC. The molecular formula is C18H26O2S. The van der Waals surface area contributed by atoms with Crippen LogP contribution >= 0.6 is 11.8 Å². The summed E-state index contributed by atoms with van der Waals surface area (Å²) in [7, 11) is 0. The van der Waals surface area contributed by atoms with Gasteiger partial charge in [0, 0.05) is 5.75 Å². The maximum atomic E-state index is 12.0. The molecule has 1 aromatic rings. The Hall–Kier alpha value is -1.22. The molecule has 0 unspecified atom stereocenters. The molecule has 0 aliphatic rings. The van der Waals surface area contributed by atoms with Gasteiger partial charge in [0.15, 0.2) is 0 Å². The molecule has 2 nitrogen and oxygen atoms in total. The molecule has 0 saturated carbocycles. The predicted octanol–water partition coefficient (Wildman–Crippen LogP) is 5.34. The molecule has 0 N–H and O–H groups in total. The van der Waals surface area contributed by atoms with E-state index in [0.29, 0.717) is 6.61 Å². The van der Waals surface area contributed by atoms with Crippen molar-refractivity contribution in [1.82, 2.24) is 0 Å². The van der Waals surface area contributed by atoms with Crippen molar-refractivity contribution >= 4 is 17.7 Å². The Bertz CT molecular complexity index is 426. The van der Waals surface area contributed by atoms with Crippen LogP contribution in [0.15, 0.2) is 41.3 Å². The van der Waals surface area contributed by atoms with Gasteiger partial charge in [0.2, 0.25) is 0 Å². The lowest BCUT2D eigenvalue weighted by Gasteiger charge is -2.07. The van der Waals surface area contributed by atoms with E-state index in [9.17, 15) is 4.79 Å². The van der Waals surface area contributed by atoms with E-state index in [1.807, 2.05) is 31.2 Å². The second-order valence-corrected chi connectivity index (χ2v) is 5.93. The predicted molar refractivity (Wildman–Crippen MR) is 91.2 cm³/mol. The number of rotatable bonds is 10. The van der Waals surface area contributed by atoms with Gasteiger partial charge in [-0.05, 0) is 25.3 Å². The van der Waals surface area contributed by atoms with Crippen molar-refractivity contribution in [2.24, 2.45) is 0 Å². The molecule has 0 fully saturated rings. The molecule has 0 aliphatic carbocycles. The minimum atomic E-state index is -0.186. The van der Waals surface area contributed by atoms with E-state index in [2.05, 4.69) is 19.1 Å². The third-order valence-electron chi connectivity index (χ3n) is 3.10. The van der Waals surface area contributed by atoms with Gasteiger partial charge in [0.05, 0.1) is 11.5 Å². The normalized spacial score (nSPS) is 11.4. The largest absolute Gasteiger partial charge is 0.462 e. The number of hydrogen-bond donors (Lipinski definition) is 0. The molecule has 0 heterocycles. The summed E-state index contributed by atoms with van der Waals surface area (Å²) in [5.74, 6) is 0.620. The van der Waals surface area contributed by atoms with Crippen LogP contribution in [0.5, 0.6) is 0 Å². The summed E-state index contributed by atoms with van der Waals surface area (Å²) < 4.78 is 5.14. The second-order valence-electron chi connectivity index (χ2n) is 4.91. The fourth-order valence-electron chi connectivity index (χ4n) is 1.94. The number of unbranched alkanes of at least 4 members (excludes halogenated alkanes) is 4. The molecule has 116 valence electrons. The van der Waals surface area contributed by atoms with Crippen molar-refractivity contribution in [1.29, 1.82) is 0 Å². The van der Waals surface area contributed by atoms with Crippen LogP contribution in [0.25, 0.3) is 0 Å². The second kappa shape index (κ2) is 11.4. The molecule has 0 aromatic heterocycles. The minimum Gasteiger partial charge on any atom is -0.462 e. The summed E-state index contributed by atoms with van der Waals surface area (Å²) in [6, 6.07) is 10.2. The van der Waals surface area contributed by atoms with Crippen LogP contribution in [0.1, 0.15) is 51.5 Å². The van der Waals surface area contributed by atoms with E-state index < -0.39 is 0 Å². The molecule has 0 amide bonds. The van der Waals surface area contributed by atoms with Crippen LogP contribution in [0.2, 0.25) is 0 Å². The first kappa shape index (κ1) is 17.8. The smallest absolute Gasteiger partial charge is 0.344 e.